The van der Waals surface area contributed by atoms with Gasteiger partial charge in [-0.2, -0.15) is 13.0 Å². The molecule has 4 heterocycles. The molecule has 0 spiro atoms. The molecule has 0 saturated heterocycles. The van der Waals surface area contributed by atoms with Gasteiger partial charge in [-0.05, 0) is 36.8 Å². The number of aromatic nitrogens is 2. The Balaban J connectivity index is 0.00000245. The highest BCUT2D eigenvalue weighted by molar-refractivity contribution is 8.03. The van der Waals surface area contributed by atoms with Crippen molar-refractivity contribution >= 4 is 51.1 Å². The summed E-state index contributed by atoms with van der Waals surface area (Å²) in [5, 5.41) is 5.50. The Morgan fingerprint density at radius 2 is 2.06 bits per heavy atom. The molecule has 0 amide bonds. The van der Waals surface area contributed by atoms with Crippen molar-refractivity contribution in [2.75, 3.05) is 17.7 Å². The molecule has 2 aliphatic heterocycles. The number of nitrogens with zero attached hydrogens (tertiary/aromatic N) is 1. The fourth-order valence-electron chi connectivity index (χ4n) is 3.52. The lowest BCUT2D eigenvalue weighted by Gasteiger charge is -2.06. The van der Waals surface area contributed by atoms with E-state index in [1.165, 1.54) is 4.90 Å². The highest BCUT2D eigenvalue weighted by Gasteiger charge is 2.28. The van der Waals surface area contributed by atoms with Crippen molar-refractivity contribution < 1.29 is 27.8 Å². The summed E-state index contributed by atoms with van der Waals surface area (Å²) in [7, 11) is -3.95. The van der Waals surface area contributed by atoms with Crippen molar-refractivity contribution in [2.45, 2.75) is 17.7 Å². The van der Waals surface area contributed by atoms with Crippen LogP contribution in [0.2, 0.25) is 0 Å². The Labute approximate surface area is 193 Å². The fourth-order valence-corrected chi connectivity index (χ4v) is 6.12. The summed E-state index contributed by atoms with van der Waals surface area (Å²) in [4.78, 5) is 5.60. The summed E-state index contributed by atoms with van der Waals surface area (Å²) < 4.78 is 38.9. The Bertz CT molecular complexity index is 1280. The summed E-state index contributed by atoms with van der Waals surface area (Å²) in [6, 6.07) is 12.1. The Hall–Kier alpha value is -2.57. The predicted molar refractivity (Wildman–Crippen MR) is 125 cm³/mol. The van der Waals surface area contributed by atoms with Crippen LogP contribution in [0.15, 0.2) is 52.4 Å². The van der Waals surface area contributed by atoms with Gasteiger partial charge >= 0.3 is 5.88 Å². The average Bonchev–Trinajstić information content (AvgIpc) is 3.42. The van der Waals surface area contributed by atoms with Crippen molar-refractivity contribution in [2.24, 2.45) is 0 Å². The van der Waals surface area contributed by atoms with Crippen LogP contribution >= 0.6 is 23.1 Å². The number of aryl methyl sites for hydroxylation is 1. The minimum Gasteiger partial charge on any atom is -0.870 e. The van der Waals surface area contributed by atoms with Crippen LogP contribution in [0.5, 0.6) is 5.88 Å². The summed E-state index contributed by atoms with van der Waals surface area (Å²) in [6.45, 7) is 0.514. The normalized spacial score (nSPS) is 15.6. The van der Waals surface area contributed by atoms with Crippen LogP contribution < -0.4 is 14.6 Å². The molecule has 0 radical (unpaired) electrons. The van der Waals surface area contributed by atoms with E-state index in [1.54, 1.807) is 23.1 Å². The van der Waals surface area contributed by atoms with Gasteiger partial charge in [-0.15, -0.1) is 0 Å². The molecule has 168 valence electrons. The molecule has 0 saturated carbocycles. The SMILES string of the molecule is O=S(=O)(O)CCCc1ccc(-[n+]2c(C=C3Nc4ccccc4S3)sc3c2OCC=C3)[nH]1.[OH-]. The smallest absolute Gasteiger partial charge is 0.308 e. The van der Waals surface area contributed by atoms with Gasteiger partial charge in [0, 0.05) is 23.5 Å². The average molecular weight is 492 g/mol. The van der Waals surface area contributed by atoms with E-state index in [1.807, 2.05) is 34.9 Å². The second-order valence-corrected chi connectivity index (χ2v) is 10.9. The van der Waals surface area contributed by atoms with Gasteiger partial charge in [0.25, 0.3) is 15.9 Å². The van der Waals surface area contributed by atoms with Crippen molar-refractivity contribution in [1.29, 1.82) is 0 Å². The molecule has 0 atom stereocenters. The first-order chi connectivity index (χ1) is 15.0. The van der Waals surface area contributed by atoms with E-state index in [2.05, 4.69) is 34.6 Å². The first-order valence-electron chi connectivity index (χ1n) is 9.73. The third-order valence-electron chi connectivity index (χ3n) is 4.87. The molecule has 0 bridgehead atoms. The Kier molecular flexibility index (Phi) is 6.45. The molecular weight excluding hydrogens is 470 g/mol. The molecule has 0 fully saturated rings. The quantitative estimate of drug-likeness (QED) is 0.352. The van der Waals surface area contributed by atoms with Gasteiger partial charge in [-0.25, -0.2) is 4.98 Å². The number of fused-ring (bicyclic) bond motifs is 2. The van der Waals surface area contributed by atoms with E-state index in [0.29, 0.717) is 19.4 Å². The Morgan fingerprint density at radius 3 is 2.88 bits per heavy atom. The number of anilines is 1. The lowest BCUT2D eigenvalue weighted by Crippen LogP contribution is -2.35. The second-order valence-electron chi connectivity index (χ2n) is 7.15. The van der Waals surface area contributed by atoms with Crippen molar-refractivity contribution in [3.8, 4) is 11.7 Å². The topological polar surface area (TPSA) is 125 Å². The highest BCUT2D eigenvalue weighted by Crippen LogP contribution is 2.42. The van der Waals surface area contributed by atoms with Gasteiger partial charge in [0.05, 0.1) is 16.5 Å². The molecule has 5 rings (SSSR count). The zero-order valence-corrected chi connectivity index (χ0v) is 19.3. The van der Waals surface area contributed by atoms with E-state index in [4.69, 9.17) is 9.29 Å². The molecule has 0 unspecified atom stereocenters. The number of benzene rings is 1. The van der Waals surface area contributed by atoms with Gasteiger partial charge < -0.3 is 15.5 Å². The highest BCUT2D eigenvalue weighted by atomic mass is 32.2. The number of thiazole rings is 1. The molecule has 2 aromatic heterocycles. The maximum atomic E-state index is 11.0. The Morgan fingerprint density at radius 1 is 1.22 bits per heavy atom. The maximum Gasteiger partial charge on any atom is 0.308 e. The molecule has 2 aliphatic rings. The van der Waals surface area contributed by atoms with Crippen LogP contribution in [-0.2, 0) is 16.5 Å². The molecule has 4 N–H and O–H groups in total. The molecule has 11 heteroatoms. The van der Waals surface area contributed by atoms with Gasteiger partial charge in [-0.3, -0.25) is 4.55 Å². The number of rotatable bonds is 6. The minimum absolute atomic E-state index is 0. The van der Waals surface area contributed by atoms with E-state index in [0.717, 1.165) is 38.0 Å². The lowest BCUT2D eigenvalue weighted by atomic mass is 10.3. The van der Waals surface area contributed by atoms with Gasteiger partial charge in [0.15, 0.2) is 5.01 Å². The zero-order chi connectivity index (χ0) is 21.4. The van der Waals surface area contributed by atoms with Crippen LogP contribution in [0.4, 0.5) is 5.69 Å². The van der Waals surface area contributed by atoms with Crippen LogP contribution in [-0.4, -0.2) is 35.8 Å². The van der Waals surface area contributed by atoms with Crippen LogP contribution in [0.3, 0.4) is 0 Å². The van der Waals surface area contributed by atoms with E-state index in [9.17, 15) is 8.42 Å². The number of aromatic amines is 1. The van der Waals surface area contributed by atoms with E-state index >= 15 is 0 Å². The van der Waals surface area contributed by atoms with Crippen LogP contribution in [0, 0.1) is 0 Å². The number of H-pyrrole nitrogens is 1. The number of thioether (sulfide) groups is 1. The minimum atomic E-state index is -3.95. The first-order valence-corrected chi connectivity index (χ1v) is 13.0. The summed E-state index contributed by atoms with van der Waals surface area (Å²) in [5.74, 6) is 1.38. The monoisotopic (exact) mass is 491 g/mol. The maximum absolute atomic E-state index is 11.0. The zero-order valence-electron chi connectivity index (χ0n) is 16.8. The molecule has 3 aromatic rings. The van der Waals surface area contributed by atoms with Gasteiger partial charge in [0.2, 0.25) is 0 Å². The fraction of sp³-hybridized carbons (Fsp3) is 0.190. The predicted octanol–water partition coefficient (Wildman–Crippen LogP) is 3.92. The van der Waals surface area contributed by atoms with E-state index in [-0.39, 0.29) is 11.2 Å². The molecular formula is C21H21N3O5S3. The van der Waals surface area contributed by atoms with Crippen molar-refractivity contribution in [1.82, 2.24) is 4.98 Å². The molecule has 0 aliphatic carbocycles. The van der Waals surface area contributed by atoms with E-state index < -0.39 is 10.1 Å². The van der Waals surface area contributed by atoms with Crippen molar-refractivity contribution in [3.05, 3.63) is 63.1 Å². The van der Waals surface area contributed by atoms with Crippen molar-refractivity contribution in [3.63, 3.8) is 0 Å². The lowest BCUT2D eigenvalue weighted by molar-refractivity contribution is -0.603. The third kappa shape index (κ3) is 4.76. The van der Waals surface area contributed by atoms with Crippen LogP contribution in [0.1, 0.15) is 22.0 Å². The first kappa shape index (κ1) is 22.6. The second kappa shape index (κ2) is 9.12. The van der Waals surface area contributed by atoms with Gasteiger partial charge in [0.1, 0.15) is 17.2 Å². The number of nitrogens with one attached hydrogen (secondary N) is 2. The molecule has 8 nitrogen and oxygen atoms in total. The standard InChI is InChI=1S/C21H19N3O4S3.H2O/c25-31(26,27)12-4-5-14-9-10-18(22-14)24-20(30-17-8-3-11-28-21(17)24)13-19-23-15-6-1-2-7-16(15)29-19;/h1-3,6-10,13,22H,4-5,11-12H2,(H,25,26,27);1H2. The summed E-state index contributed by atoms with van der Waals surface area (Å²) >= 11 is 3.34. The molecule has 1 aromatic carbocycles. The third-order valence-corrected chi connectivity index (χ3v) is 7.73. The number of ether oxygens (including phenoxy) is 1. The van der Waals surface area contributed by atoms with Gasteiger partial charge in [-0.1, -0.05) is 35.2 Å². The number of hydrogen-bond donors (Lipinski definition) is 3. The largest absolute Gasteiger partial charge is 0.870 e. The van der Waals surface area contributed by atoms with Crippen LogP contribution in [0.25, 0.3) is 18.0 Å². The summed E-state index contributed by atoms with van der Waals surface area (Å²) in [6.07, 6.45) is 7.05. The number of para-hydroxylation sites is 1. The molecule has 32 heavy (non-hydrogen) atoms. The number of hydrogen-bond acceptors (Lipinski definition) is 7. The summed E-state index contributed by atoms with van der Waals surface area (Å²) in [5.41, 5.74) is 2.00.